The van der Waals surface area contributed by atoms with E-state index in [1.807, 2.05) is 4.98 Å². The number of rotatable bonds is 7. The van der Waals surface area contributed by atoms with Gasteiger partial charge in [-0.05, 0) is 13.3 Å². The number of halogens is 1. The van der Waals surface area contributed by atoms with Gasteiger partial charge in [0, 0.05) is 6.42 Å². The normalized spacial score (nSPS) is 30.3. The van der Waals surface area contributed by atoms with Crippen LogP contribution in [0.2, 0.25) is 0 Å². The van der Waals surface area contributed by atoms with E-state index in [9.17, 15) is 28.9 Å². The maximum Gasteiger partial charge on any atom is 0.331 e. The van der Waals surface area contributed by atoms with E-state index in [1.165, 1.54) is 0 Å². The molecule has 0 bridgehead atoms. The number of aliphatic hydroxyl groups excluding tert-OH is 2. The van der Waals surface area contributed by atoms with Gasteiger partial charge in [0.15, 0.2) is 0 Å². The molecule has 1 aliphatic heterocycles. The van der Waals surface area contributed by atoms with Crippen molar-refractivity contribution in [3.05, 3.63) is 28.2 Å². The second-order valence-corrected chi connectivity index (χ2v) is 9.62. The third-order valence-electron chi connectivity index (χ3n) is 4.80. The second kappa shape index (κ2) is 8.06. The van der Waals surface area contributed by atoms with Gasteiger partial charge >= 0.3 is 7.60 Å². The van der Waals surface area contributed by atoms with E-state index < -0.39 is 54.8 Å². The van der Waals surface area contributed by atoms with Crippen LogP contribution in [0.1, 0.15) is 52.3 Å². The predicted octanol–water partition coefficient (Wildman–Crippen LogP) is 1.24. The number of hydrogen-bond acceptors (Lipinski definition) is 7. The minimum atomic E-state index is -3.89. The van der Waals surface area contributed by atoms with Gasteiger partial charge in [-0.2, -0.15) is 4.39 Å². The summed E-state index contributed by atoms with van der Waals surface area (Å²) in [5, 5.41) is 20.6. The van der Waals surface area contributed by atoms with Crippen LogP contribution in [0.4, 0.5) is 4.39 Å². The highest BCUT2D eigenvalue weighted by atomic mass is 31.2. The molecule has 9 nitrogen and oxygen atoms in total. The average molecular weight is 408 g/mol. The van der Waals surface area contributed by atoms with Crippen LogP contribution < -0.4 is 5.56 Å². The molecule has 0 saturated carbocycles. The summed E-state index contributed by atoms with van der Waals surface area (Å²) in [4.78, 5) is 26.7. The van der Waals surface area contributed by atoms with E-state index >= 15 is 0 Å². The van der Waals surface area contributed by atoms with Gasteiger partial charge in [-0.3, -0.25) is 14.3 Å². The van der Waals surface area contributed by atoms with Crippen LogP contribution in [0.25, 0.3) is 0 Å². The summed E-state index contributed by atoms with van der Waals surface area (Å²) in [6, 6.07) is 0. The number of nitrogens with zero attached hydrogens (tertiary/aromatic N) is 1. The van der Waals surface area contributed by atoms with Gasteiger partial charge in [-0.25, -0.2) is 4.98 Å². The molecule has 0 aromatic carbocycles. The third kappa shape index (κ3) is 4.82. The van der Waals surface area contributed by atoms with Crippen molar-refractivity contribution >= 4 is 7.60 Å². The zero-order valence-electron chi connectivity index (χ0n) is 15.6. The molecule has 154 valence electrons. The van der Waals surface area contributed by atoms with E-state index in [0.29, 0.717) is 6.42 Å². The zero-order valence-corrected chi connectivity index (χ0v) is 16.5. The van der Waals surface area contributed by atoms with E-state index in [2.05, 4.69) is 4.98 Å². The first-order valence-electron chi connectivity index (χ1n) is 8.69. The molecule has 1 saturated heterocycles. The lowest BCUT2D eigenvalue weighted by atomic mass is 9.92. The molecular weight excluding hydrogens is 382 g/mol. The van der Waals surface area contributed by atoms with Crippen LogP contribution >= 0.6 is 7.60 Å². The number of hydrogen-bond donors (Lipinski definition) is 4. The molecule has 1 aromatic rings. The van der Waals surface area contributed by atoms with Crippen LogP contribution in [0.5, 0.6) is 0 Å². The Morgan fingerprint density at radius 2 is 2.07 bits per heavy atom. The van der Waals surface area contributed by atoms with Gasteiger partial charge in [0.05, 0.1) is 23.6 Å². The van der Waals surface area contributed by atoms with Crippen molar-refractivity contribution in [1.29, 1.82) is 0 Å². The Kier molecular flexibility index (Phi) is 6.61. The van der Waals surface area contributed by atoms with Crippen LogP contribution in [0, 0.1) is 5.95 Å². The third-order valence-corrected chi connectivity index (χ3v) is 6.80. The Morgan fingerprint density at radius 1 is 1.44 bits per heavy atom. The molecule has 0 spiro atoms. The van der Waals surface area contributed by atoms with Gasteiger partial charge in [0.25, 0.3) is 5.56 Å². The molecule has 1 fully saturated rings. The predicted molar refractivity (Wildman–Crippen MR) is 93.8 cm³/mol. The molecule has 6 unspecified atom stereocenters. The number of H-pyrrole nitrogens is 1. The molecule has 1 aromatic heterocycles. The summed E-state index contributed by atoms with van der Waals surface area (Å²) in [6.45, 7) is 6.47. The minimum Gasteiger partial charge on any atom is -0.388 e. The van der Waals surface area contributed by atoms with Crippen molar-refractivity contribution in [2.24, 2.45) is 0 Å². The molecule has 27 heavy (non-hydrogen) atoms. The lowest BCUT2D eigenvalue weighted by Gasteiger charge is -2.34. The summed E-state index contributed by atoms with van der Waals surface area (Å²) in [5.74, 6) is -1.06. The molecule has 6 atom stereocenters. The second-order valence-electron chi connectivity index (χ2n) is 7.28. The summed E-state index contributed by atoms with van der Waals surface area (Å²) in [6.07, 6.45) is -4.00. The highest BCUT2D eigenvalue weighted by Gasteiger charge is 2.48. The van der Waals surface area contributed by atoms with Crippen LogP contribution in [-0.4, -0.2) is 54.6 Å². The van der Waals surface area contributed by atoms with E-state index in [0.717, 1.165) is 6.20 Å². The Hall–Kier alpha value is -1.16. The Balaban J connectivity index is 2.21. The maximum atomic E-state index is 14.0. The number of nitrogens with one attached hydrogen (secondary N) is 1. The van der Waals surface area contributed by atoms with Crippen molar-refractivity contribution in [3.63, 3.8) is 0 Å². The summed E-state index contributed by atoms with van der Waals surface area (Å²) < 4.78 is 37.3. The van der Waals surface area contributed by atoms with Crippen molar-refractivity contribution in [1.82, 2.24) is 9.97 Å². The topological polar surface area (TPSA) is 142 Å². The highest BCUT2D eigenvalue weighted by Crippen LogP contribution is 2.52. The Bertz CT molecular complexity index is 773. The molecule has 0 amide bonds. The molecule has 0 radical (unpaired) electrons. The fourth-order valence-electron chi connectivity index (χ4n) is 2.82. The first kappa shape index (κ1) is 22.1. The van der Waals surface area contributed by atoms with E-state index in [4.69, 9.17) is 9.26 Å². The summed E-state index contributed by atoms with van der Waals surface area (Å²) in [7, 11) is -3.89. The van der Waals surface area contributed by atoms with Crippen LogP contribution in [0.15, 0.2) is 11.0 Å². The number of ether oxygens (including phenoxy) is 1. The fraction of sp³-hybridized carbons (Fsp3) is 0.750. The van der Waals surface area contributed by atoms with Crippen molar-refractivity contribution in [2.45, 2.75) is 76.2 Å². The fourth-order valence-corrected chi connectivity index (χ4v) is 3.87. The van der Waals surface area contributed by atoms with Gasteiger partial charge in [0.1, 0.15) is 24.0 Å². The van der Waals surface area contributed by atoms with Crippen LogP contribution in [0.3, 0.4) is 0 Å². The van der Waals surface area contributed by atoms with Crippen molar-refractivity contribution in [3.8, 4) is 0 Å². The van der Waals surface area contributed by atoms with Gasteiger partial charge < -0.3 is 24.4 Å². The monoisotopic (exact) mass is 408 g/mol. The average Bonchev–Trinajstić information content (AvgIpc) is 2.82. The van der Waals surface area contributed by atoms with Crippen LogP contribution in [-0.2, 0) is 13.8 Å². The molecule has 2 heterocycles. The van der Waals surface area contributed by atoms with Crippen molar-refractivity contribution < 1.29 is 33.3 Å². The highest BCUT2D eigenvalue weighted by molar-refractivity contribution is 7.53. The molecule has 11 heteroatoms. The minimum absolute atomic E-state index is 0.0134. The van der Waals surface area contributed by atoms with Gasteiger partial charge in [0.2, 0.25) is 5.95 Å². The number of aromatic nitrogens is 2. The van der Waals surface area contributed by atoms with E-state index in [-0.39, 0.29) is 12.1 Å². The van der Waals surface area contributed by atoms with Gasteiger partial charge in [-0.1, -0.05) is 20.8 Å². The number of aromatic amines is 1. The lowest BCUT2D eigenvalue weighted by Crippen LogP contribution is -2.38. The first-order chi connectivity index (χ1) is 12.4. The summed E-state index contributed by atoms with van der Waals surface area (Å²) >= 11 is 0. The Morgan fingerprint density at radius 3 is 2.59 bits per heavy atom. The Labute approximate surface area is 156 Å². The molecule has 1 aliphatic rings. The zero-order chi connectivity index (χ0) is 20.6. The molecule has 4 N–H and O–H groups in total. The molecule has 2 rings (SSSR count). The first-order valence-corrected chi connectivity index (χ1v) is 10.3. The number of aliphatic hydroxyl groups is 2. The smallest absolute Gasteiger partial charge is 0.331 e. The quantitative estimate of drug-likeness (QED) is 0.494. The van der Waals surface area contributed by atoms with E-state index in [1.54, 1.807) is 27.7 Å². The van der Waals surface area contributed by atoms with Crippen molar-refractivity contribution in [2.75, 3.05) is 0 Å². The lowest BCUT2D eigenvalue weighted by molar-refractivity contribution is -0.0484. The SMILES string of the molecule is CCC(C)(CC1OC(c2ncc(=O)[nH]c2F)C(O)C1O)OP(=O)(O)C(C)C. The molecular formula is C16H26FN2O7P. The van der Waals surface area contributed by atoms with Gasteiger partial charge in [-0.15, -0.1) is 0 Å². The maximum absolute atomic E-state index is 14.0. The molecule has 0 aliphatic carbocycles. The standard InChI is InChI=1S/C16H26FN2O7P/c1-5-16(4,26-27(23,24)8(2)3)6-9-12(21)13(22)14(25-9)11-15(17)19-10(20)7-18-11/h7-9,12-14,21-22H,5-6H2,1-4H3,(H,19,20)(H,23,24). The largest absolute Gasteiger partial charge is 0.388 e. The summed E-state index contributed by atoms with van der Waals surface area (Å²) in [5.41, 5.74) is -2.82.